The second kappa shape index (κ2) is 6.90. The number of aromatic hydroxyl groups is 3. The molecule has 140 valence electrons. The zero-order chi connectivity index (χ0) is 19.7. The summed E-state index contributed by atoms with van der Waals surface area (Å²) in [5.74, 6) is -0.801. The number of benzene rings is 2. The van der Waals surface area contributed by atoms with Crippen LogP contribution in [0.2, 0.25) is 0 Å². The lowest BCUT2D eigenvalue weighted by molar-refractivity contribution is 0.0620. The lowest BCUT2D eigenvalue weighted by atomic mass is 9.83. The first-order valence-corrected chi connectivity index (χ1v) is 8.47. The van der Waals surface area contributed by atoms with Gasteiger partial charge in [0.2, 0.25) is 0 Å². The molecular weight excluding hydrogens is 332 g/mol. The van der Waals surface area contributed by atoms with E-state index in [2.05, 4.69) is 20.8 Å². The predicted molar refractivity (Wildman–Crippen MR) is 100 cm³/mol. The Balaban J connectivity index is 2.25. The molecule has 0 radical (unpaired) electrons. The van der Waals surface area contributed by atoms with Gasteiger partial charge >= 0.3 is 0 Å². The SMILES string of the molecule is CC(C)(C)CC(C)(C)Oc1ccc(C(=O)c2ccc(O)cc2O)c(O)c1. The molecule has 0 saturated heterocycles. The quantitative estimate of drug-likeness (QED) is 0.679. The minimum absolute atomic E-state index is 0.000157. The molecule has 0 aliphatic carbocycles. The Morgan fingerprint density at radius 1 is 0.885 bits per heavy atom. The number of phenols is 3. The van der Waals surface area contributed by atoms with Gasteiger partial charge in [0.05, 0.1) is 11.1 Å². The molecule has 0 saturated carbocycles. The molecule has 0 atom stereocenters. The van der Waals surface area contributed by atoms with Crippen LogP contribution in [0.5, 0.6) is 23.0 Å². The van der Waals surface area contributed by atoms with Crippen LogP contribution in [0.1, 0.15) is 57.0 Å². The van der Waals surface area contributed by atoms with E-state index in [0.717, 1.165) is 12.5 Å². The van der Waals surface area contributed by atoms with Gasteiger partial charge in [0.1, 0.15) is 28.6 Å². The molecule has 0 aromatic heterocycles. The fraction of sp³-hybridized carbons (Fsp3) is 0.381. The van der Waals surface area contributed by atoms with Gasteiger partial charge < -0.3 is 20.1 Å². The van der Waals surface area contributed by atoms with Crippen LogP contribution in [0, 0.1) is 5.41 Å². The number of carbonyl (C=O) groups is 1. The van der Waals surface area contributed by atoms with Crippen LogP contribution in [0.3, 0.4) is 0 Å². The van der Waals surface area contributed by atoms with E-state index in [0.29, 0.717) is 5.75 Å². The number of rotatable bonds is 5. The van der Waals surface area contributed by atoms with Crippen molar-refractivity contribution in [3.63, 3.8) is 0 Å². The fourth-order valence-electron chi connectivity index (χ4n) is 3.26. The third-order valence-electron chi connectivity index (χ3n) is 3.79. The molecule has 3 N–H and O–H groups in total. The molecule has 0 bridgehead atoms. The van der Waals surface area contributed by atoms with Crippen LogP contribution in [0.15, 0.2) is 36.4 Å². The van der Waals surface area contributed by atoms with Crippen molar-refractivity contribution in [1.82, 2.24) is 0 Å². The van der Waals surface area contributed by atoms with E-state index in [4.69, 9.17) is 4.74 Å². The Bertz CT molecular complexity index is 816. The van der Waals surface area contributed by atoms with Crippen molar-refractivity contribution in [2.24, 2.45) is 5.41 Å². The van der Waals surface area contributed by atoms with Crippen LogP contribution in [-0.4, -0.2) is 26.7 Å². The van der Waals surface area contributed by atoms with E-state index in [1.165, 1.54) is 24.3 Å². The first kappa shape index (κ1) is 19.6. The van der Waals surface area contributed by atoms with E-state index in [1.54, 1.807) is 6.07 Å². The summed E-state index contributed by atoms with van der Waals surface area (Å²) in [6.45, 7) is 10.3. The van der Waals surface area contributed by atoms with Gasteiger partial charge in [-0.3, -0.25) is 4.79 Å². The molecular formula is C21H26O5. The van der Waals surface area contributed by atoms with Crippen molar-refractivity contribution in [2.45, 2.75) is 46.6 Å². The Morgan fingerprint density at radius 2 is 1.42 bits per heavy atom. The monoisotopic (exact) mass is 358 g/mol. The lowest BCUT2D eigenvalue weighted by Gasteiger charge is -2.33. The van der Waals surface area contributed by atoms with Crippen molar-refractivity contribution in [3.8, 4) is 23.0 Å². The Kier molecular flexibility index (Phi) is 5.21. The van der Waals surface area contributed by atoms with E-state index in [9.17, 15) is 20.1 Å². The number of ether oxygens (including phenoxy) is 1. The minimum atomic E-state index is -0.541. The smallest absolute Gasteiger partial charge is 0.200 e. The van der Waals surface area contributed by atoms with Gasteiger partial charge in [-0.1, -0.05) is 20.8 Å². The van der Waals surface area contributed by atoms with E-state index in [-0.39, 0.29) is 33.8 Å². The van der Waals surface area contributed by atoms with Crippen molar-refractivity contribution >= 4 is 5.78 Å². The highest BCUT2D eigenvalue weighted by atomic mass is 16.5. The average Bonchev–Trinajstić information content (AvgIpc) is 2.43. The largest absolute Gasteiger partial charge is 0.508 e. The first-order chi connectivity index (χ1) is 11.9. The van der Waals surface area contributed by atoms with E-state index in [1.807, 2.05) is 13.8 Å². The number of hydrogen-bond donors (Lipinski definition) is 3. The highest BCUT2D eigenvalue weighted by molar-refractivity contribution is 6.12. The van der Waals surface area contributed by atoms with Gasteiger partial charge in [-0.05, 0) is 49.9 Å². The summed E-state index contributed by atoms with van der Waals surface area (Å²) >= 11 is 0. The zero-order valence-corrected chi connectivity index (χ0v) is 15.8. The van der Waals surface area contributed by atoms with Crippen molar-refractivity contribution in [2.75, 3.05) is 0 Å². The second-order valence-corrected chi connectivity index (χ2v) is 8.31. The first-order valence-electron chi connectivity index (χ1n) is 8.47. The summed E-state index contributed by atoms with van der Waals surface area (Å²) in [5, 5.41) is 29.4. The molecule has 5 nitrogen and oxygen atoms in total. The zero-order valence-electron chi connectivity index (χ0n) is 15.8. The molecule has 0 heterocycles. The van der Waals surface area contributed by atoms with Crippen molar-refractivity contribution in [1.29, 1.82) is 0 Å². The standard InChI is InChI=1S/C21H26O5/c1-20(2,3)12-21(4,5)26-14-7-9-16(18(24)11-14)19(25)15-8-6-13(22)10-17(15)23/h6-11,22-24H,12H2,1-5H3. The summed E-state index contributed by atoms with van der Waals surface area (Å²) in [4.78, 5) is 12.5. The maximum atomic E-state index is 12.5. The predicted octanol–water partition coefficient (Wildman–Crippen LogP) is 4.63. The topological polar surface area (TPSA) is 87.0 Å². The van der Waals surface area contributed by atoms with Gasteiger partial charge in [-0.15, -0.1) is 0 Å². The Hall–Kier alpha value is -2.69. The summed E-state index contributed by atoms with van der Waals surface area (Å²) in [7, 11) is 0. The molecule has 2 rings (SSSR count). The number of hydrogen-bond acceptors (Lipinski definition) is 5. The molecule has 0 aliphatic heterocycles. The lowest BCUT2D eigenvalue weighted by Crippen LogP contribution is -2.33. The molecule has 0 aliphatic rings. The van der Waals surface area contributed by atoms with Gasteiger partial charge in [-0.2, -0.15) is 0 Å². The normalized spacial score (nSPS) is 12.0. The highest BCUT2D eigenvalue weighted by Gasteiger charge is 2.28. The van der Waals surface area contributed by atoms with Gasteiger partial charge in [0, 0.05) is 12.1 Å². The molecule has 0 unspecified atom stereocenters. The highest BCUT2D eigenvalue weighted by Crippen LogP contribution is 2.34. The molecule has 26 heavy (non-hydrogen) atoms. The molecule has 0 fully saturated rings. The number of ketones is 1. The summed E-state index contributed by atoms with van der Waals surface area (Å²) < 4.78 is 5.98. The van der Waals surface area contributed by atoms with Crippen LogP contribution >= 0.6 is 0 Å². The third-order valence-corrected chi connectivity index (χ3v) is 3.79. The summed E-state index contributed by atoms with van der Waals surface area (Å²) in [5.41, 5.74) is -0.310. The third kappa shape index (κ3) is 4.91. The van der Waals surface area contributed by atoms with Crippen molar-refractivity contribution in [3.05, 3.63) is 47.5 Å². The van der Waals surface area contributed by atoms with Crippen LogP contribution in [0.4, 0.5) is 0 Å². The maximum Gasteiger partial charge on any atom is 0.200 e. The Morgan fingerprint density at radius 3 is 1.92 bits per heavy atom. The van der Waals surface area contributed by atoms with Gasteiger partial charge in [-0.25, -0.2) is 0 Å². The summed E-state index contributed by atoms with van der Waals surface area (Å²) in [6.07, 6.45) is 0.808. The number of phenolic OH excluding ortho intramolecular Hbond substituents is 3. The molecule has 2 aromatic carbocycles. The number of carbonyl (C=O) groups excluding carboxylic acids is 1. The Labute approximate surface area is 153 Å². The fourth-order valence-corrected chi connectivity index (χ4v) is 3.26. The molecule has 5 heteroatoms. The van der Waals surface area contributed by atoms with Crippen LogP contribution < -0.4 is 4.74 Å². The van der Waals surface area contributed by atoms with Gasteiger partial charge in [0.15, 0.2) is 5.78 Å². The minimum Gasteiger partial charge on any atom is -0.508 e. The van der Waals surface area contributed by atoms with Crippen molar-refractivity contribution < 1.29 is 24.9 Å². The molecule has 0 amide bonds. The van der Waals surface area contributed by atoms with Crippen LogP contribution in [0.25, 0.3) is 0 Å². The maximum absolute atomic E-state index is 12.5. The van der Waals surface area contributed by atoms with Crippen LogP contribution in [-0.2, 0) is 0 Å². The summed E-state index contributed by atoms with van der Waals surface area (Å²) in [6, 6.07) is 8.17. The van der Waals surface area contributed by atoms with Gasteiger partial charge in [0.25, 0.3) is 0 Å². The molecule has 0 spiro atoms. The average molecular weight is 358 g/mol. The second-order valence-electron chi connectivity index (χ2n) is 8.31. The molecule has 2 aromatic rings. The van der Waals surface area contributed by atoms with E-state index >= 15 is 0 Å². The van der Waals surface area contributed by atoms with E-state index < -0.39 is 11.4 Å².